The second-order valence-corrected chi connectivity index (χ2v) is 3.95. The average Bonchev–Trinajstić information content (AvgIpc) is 2.39. The van der Waals surface area contributed by atoms with Crippen molar-refractivity contribution in [2.75, 3.05) is 0 Å². The van der Waals surface area contributed by atoms with E-state index < -0.39 is 5.91 Å². The van der Waals surface area contributed by atoms with E-state index in [9.17, 15) is 9.59 Å². The number of benzene rings is 1. The summed E-state index contributed by atoms with van der Waals surface area (Å²) in [6.45, 7) is 1.67. The van der Waals surface area contributed by atoms with Crippen LogP contribution < -0.4 is 10.3 Å². The molecule has 2 amide bonds. The molecule has 0 aromatic heterocycles. The summed E-state index contributed by atoms with van der Waals surface area (Å²) in [4.78, 5) is 29.5. The fraction of sp³-hybridized carbons (Fsp3) is 0.273. The highest BCUT2D eigenvalue weighted by atomic mass is 35.5. The number of rotatable bonds is 5. The molecule has 0 unspecified atom stereocenters. The molecule has 98 valence electrons. The van der Waals surface area contributed by atoms with Gasteiger partial charge in [-0.1, -0.05) is 24.6 Å². The van der Waals surface area contributed by atoms with Crippen LogP contribution in [-0.4, -0.2) is 11.8 Å². The van der Waals surface area contributed by atoms with Crippen molar-refractivity contribution in [2.45, 2.75) is 20.0 Å². The topological polar surface area (TPSA) is 67.4 Å². The third-order valence-electron chi connectivity index (χ3n) is 2.17. The van der Waals surface area contributed by atoms with Crippen LogP contribution in [0.3, 0.4) is 0 Å². The van der Waals surface area contributed by atoms with Gasteiger partial charge in [-0.05, 0) is 12.1 Å². The molecule has 0 radical (unpaired) electrons. The van der Waals surface area contributed by atoms with Crippen LogP contribution in [0.4, 0.5) is 0 Å². The molecule has 0 fully saturated rings. The minimum absolute atomic E-state index is 0.0228. The zero-order valence-corrected chi connectivity index (χ0v) is 11.1. The Labute approximate surface area is 114 Å². The van der Waals surface area contributed by atoms with E-state index in [2.05, 4.69) is 5.48 Å². The lowest BCUT2D eigenvalue weighted by Crippen LogP contribution is -2.23. The number of carbonyl (C=O) groups excluding carboxylic acids is 2. The molecule has 0 aliphatic heterocycles. The first kappa shape index (κ1) is 14.8. The zero-order valence-electron chi connectivity index (χ0n) is 9.63. The van der Waals surface area contributed by atoms with E-state index in [0.29, 0.717) is 22.6 Å². The van der Waals surface area contributed by atoms with E-state index in [4.69, 9.17) is 28.2 Å². The average molecular weight is 291 g/mol. The molecule has 7 heteroatoms. The maximum absolute atomic E-state index is 11.5. The van der Waals surface area contributed by atoms with Crippen LogP contribution in [0.15, 0.2) is 18.2 Å². The van der Waals surface area contributed by atoms with Crippen molar-refractivity contribution in [2.24, 2.45) is 0 Å². The smallest absolute Gasteiger partial charge is 0.266 e. The summed E-state index contributed by atoms with van der Waals surface area (Å²) in [6, 6.07) is 4.80. The molecule has 0 bridgehead atoms. The normalized spacial score (nSPS) is 9.94. The molecule has 0 aliphatic rings. The SMILES string of the molecule is CCC(=O)NOCc1c(Cl)cccc1C(=O)NCl. The second kappa shape index (κ2) is 7.20. The van der Waals surface area contributed by atoms with Gasteiger partial charge < -0.3 is 0 Å². The summed E-state index contributed by atoms with van der Waals surface area (Å²) in [6.07, 6.45) is 0.303. The largest absolute Gasteiger partial charge is 0.273 e. The van der Waals surface area contributed by atoms with Gasteiger partial charge in [0, 0.05) is 34.3 Å². The third-order valence-corrected chi connectivity index (χ3v) is 2.70. The van der Waals surface area contributed by atoms with Gasteiger partial charge in [0.25, 0.3) is 5.91 Å². The number of nitrogens with one attached hydrogen (secondary N) is 2. The molecule has 18 heavy (non-hydrogen) atoms. The van der Waals surface area contributed by atoms with Gasteiger partial charge in [-0.3, -0.25) is 19.3 Å². The Morgan fingerprint density at radius 1 is 1.39 bits per heavy atom. The molecule has 0 heterocycles. The van der Waals surface area contributed by atoms with Crippen molar-refractivity contribution in [3.8, 4) is 0 Å². The molecule has 0 aliphatic carbocycles. The number of hydrogen-bond donors (Lipinski definition) is 2. The van der Waals surface area contributed by atoms with Crippen molar-refractivity contribution in [3.63, 3.8) is 0 Å². The Kier molecular flexibility index (Phi) is 5.91. The number of halogens is 2. The Bertz CT molecular complexity index is 452. The van der Waals surface area contributed by atoms with Gasteiger partial charge in [-0.2, -0.15) is 0 Å². The van der Waals surface area contributed by atoms with Gasteiger partial charge in [-0.15, -0.1) is 0 Å². The van der Waals surface area contributed by atoms with Gasteiger partial charge in [0.15, 0.2) is 0 Å². The van der Waals surface area contributed by atoms with E-state index in [1.165, 1.54) is 0 Å². The Balaban J connectivity index is 2.80. The van der Waals surface area contributed by atoms with Gasteiger partial charge in [0.2, 0.25) is 5.91 Å². The second-order valence-electron chi connectivity index (χ2n) is 3.36. The molecule has 5 nitrogen and oxygen atoms in total. The lowest BCUT2D eigenvalue weighted by molar-refractivity contribution is -0.134. The third kappa shape index (κ3) is 3.87. The van der Waals surface area contributed by atoms with E-state index in [1.807, 2.05) is 4.84 Å². The number of carbonyl (C=O) groups is 2. The number of hydroxylamine groups is 1. The standard InChI is InChI=1S/C11H12Cl2N2O3/c1-2-10(16)15-18-6-8-7(11(17)14-13)4-3-5-9(8)12/h3-5H,2,6H2,1H3,(H,14,17)(H,15,16). The highest BCUT2D eigenvalue weighted by Crippen LogP contribution is 2.21. The predicted octanol–water partition coefficient (Wildman–Crippen LogP) is 2.18. The van der Waals surface area contributed by atoms with Crippen LogP contribution in [0.2, 0.25) is 5.02 Å². The first-order valence-corrected chi connectivity index (χ1v) is 5.94. The summed E-state index contributed by atoms with van der Waals surface area (Å²) in [5.41, 5.74) is 2.98. The molecule has 0 spiro atoms. The number of hydrogen-bond acceptors (Lipinski definition) is 3. The van der Waals surface area contributed by atoms with Gasteiger partial charge in [0.1, 0.15) is 6.61 Å². The first-order chi connectivity index (χ1) is 8.60. The van der Waals surface area contributed by atoms with E-state index in [0.717, 1.165) is 0 Å². The Hall–Kier alpha value is -1.30. The molecular formula is C11H12Cl2N2O3. The minimum Gasteiger partial charge on any atom is -0.273 e. The summed E-state index contributed by atoms with van der Waals surface area (Å²) >= 11 is 11.2. The Morgan fingerprint density at radius 3 is 2.72 bits per heavy atom. The van der Waals surface area contributed by atoms with Crippen LogP contribution in [0.25, 0.3) is 0 Å². The molecule has 1 aromatic carbocycles. The maximum atomic E-state index is 11.5. The van der Waals surface area contributed by atoms with E-state index >= 15 is 0 Å². The van der Waals surface area contributed by atoms with Crippen molar-refractivity contribution in [1.82, 2.24) is 10.3 Å². The van der Waals surface area contributed by atoms with Gasteiger partial charge >= 0.3 is 0 Å². The molecule has 2 N–H and O–H groups in total. The lowest BCUT2D eigenvalue weighted by Gasteiger charge is -2.10. The predicted molar refractivity (Wildman–Crippen MR) is 68.0 cm³/mol. The highest BCUT2D eigenvalue weighted by Gasteiger charge is 2.14. The van der Waals surface area contributed by atoms with E-state index in [1.54, 1.807) is 25.1 Å². The summed E-state index contributed by atoms with van der Waals surface area (Å²) < 4.78 is 0. The molecule has 1 rings (SSSR count). The summed E-state index contributed by atoms with van der Waals surface area (Å²) in [5, 5.41) is 0.360. The minimum atomic E-state index is -0.486. The molecule has 1 aromatic rings. The fourth-order valence-corrected chi connectivity index (χ4v) is 1.56. The quantitative estimate of drug-likeness (QED) is 0.645. The van der Waals surface area contributed by atoms with E-state index in [-0.39, 0.29) is 12.5 Å². The van der Waals surface area contributed by atoms with Crippen molar-refractivity contribution in [1.29, 1.82) is 0 Å². The fourth-order valence-electron chi connectivity index (χ4n) is 1.23. The summed E-state index contributed by atoms with van der Waals surface area (Å²) in [7, 11) is 0. The van der Waals surface area contributed by atoms with Gasteiger partial charge in [-0.25, -0.2) is 5.48 Å². The number of amides is 2. The van der Waals surface area contributed by atoms with Crippen LogP contribution in [0.5, 0.6) is 0 Å². The van der Waals surface area contributed by atoms with Crippen molar-refractivity contribution < 1.29 is 14.4 Å². The summed E-state index contributed by atoms with van der Waals surface area (Å²) in [5.74, 6) is -0.745. The van der Waals surface area contributed by atoms with Gasteiger partial charge in [0.05, 0.1) is 0 Å². The maximum Gasteiger partial charge on any atom is 0.266 e. The van der Waals surface area contributed by atoms with Crippen molar-refractivity contribution >= 4 is 35.2 Å². The molecule has 0 saturated heterocycles. The zero-order chi connectivity index (χ0) is 13.5. The molecule has 0 saturated carbocycles. The van der Waals surface area contributed by atoms with Crippen LogP contribution in [0, 0.1) is 0 Å². The van der Waals surface area contributed by atoms with Crippen LogP contribution >= 0.6 is 23.4 Å². The van der Waals surface area contributed by atoms with Crippen LogP contribution in [-0.2, 0) is 16.2 Å². The highest BCUT2D eigenvalue weighted by molar-refractivity contribution is 6.32. The van der Waals surface area contributed by atoms with Crippen LogP contribution in [0.1, 0.15) is 29.3 Å². The van der Waals surface area contributed by atoms with Crippen molar-refractivity contribution in [3.05, 3.63) is 34.3 Å². The molecule has 0 atom stereocenters. The first-order valence-electron chi connectivity index (χ1n) is 5.19. The monoisotopic (exact) mass is 290 g/mol. The lowest BCUT2D eigenvalue weighted by atomic mass is 10.1. The molecular weight excluding hydrogens is 279 g/mol. The Morgan fingerprint density at radius 2 is 2.11 bits per heavy atom.